The molecule has 5 heteroatoms. The first kappa shape index (κ1) is 10.9. The molecule has 2 rings (SSSR count). The van der Waals surface area contributed by atoms with Crippen LogP contribution in [0.1, 0.15) is 37.4 Å². The molecule has 0 saturated carbocycles. The van der Waals surface area contributed by atoms with Crippen molar-refractivity contribution in [2.75, 3.05) is 0 Å². The summed E-state index contributed by atoms with van der Waals surface area (Å²) in [6.45, 7) is 4.02. The van der Waals surface area contributed by atoms with Crippen molar-refractivity contribution in [3.05, 3.63) is 27.9 Å². The summed E-state index contributed by atoms with van der Waals surface area (Å²) in [5, 5.41) is 2.78. The van der Waals surface area contributed by atoms with E-state index >= 15 is 0 Å². The molecule has 86 valence electrons. The van der Waals surface area contributed by atoms with Crippen molar-refractivity contribution < 1.29 is 0 Å². The Bertz CT molecular complexity index is 540. The lowest BCUT2D eigenvalue weighted by atomic mass is 10.1. The molecule has 0 aliphatic rings. The Labute approximate surface area is 93.5 Å². The highest BCUT2D eigenvalue weighted by Crippen LogP contribution is 2.06. The van der Waals surface area contributed by atoms with E-state index in [0.717, 1.165) is 36.9 Å². The van der Waals surface area contributed by atoms with Crippen molar-refractivity contribution in [3.63, 3.8) is 0 Å². The molecular weight excluding hydrogens is 204 g/mol. The smallest absolute Gasteiger partial charge is 0.277 e. The Hall–Kier alpha value is -1.65. The van der Waals surface area contributed by atoms with Gasteiger partial charge in [0.1, 0.15) is 6.33 Å². The van der Waals surface area contributed by atoms with Crippen LogP contribution in [0.15, 0.2) is 11.1 Å². The van der Waals surface area contributed by atoms with Crippen LogP contribution in [0.2, 0.25) is 0 Å². The number of H-pyrrole nitrogens is 1. The molecule has 0 amide bonds. The van der Waals surface area contributed by atoms with E-state index in [1.165, 1.54) is 10.8 Å². The quantitative estimate of drug-likeness (QED) is 0.793. The van der Waals surface area contributed by atoms with Crippen LogP contribution < -0.4 is 5.56 Å². The summed E-state index contributed by atoms with van der Waals surface area (Å²) < 4.78 is 1.40. The van der Waals surface area contributed by atoms with Crippen LogP contribution in [-0.2, 0) is 6.42 Å². The maximum absolute atomic E-state index is 12.1. The minimum absolute atomic E-state index is 0.0175. The second-order valence-corrected chi connectivity index (χ2v) is 3.96. The van der Waals surface area contributed by atoms with Crippen molar-refractivity contribution in [2.24, 2.45) is 0 Å². The van der Waals surface area contributed by atoms with E-state index in [1.807, 2.05) is 6.92 Å². The molecule has 0 bridgehead atoms. The summed E-state index contributed by atoms with van der Waals surface area (Å²) >= 11 is 0. The SMILES string of the molecule is CCCCCc1c(C)nc2nc[nH]n2c1=O. The fraction of sp³-hybridized carbons (Fsp3) is 0.545. The fourth-order valence-corrected chi connectivity index (χ4v) is 1.83. The zero-order chi connectivity index (χ0) is 11.5. The summed E-state index contributed by atoms with van der Waals surface area (Å²) in [6.07, 6.45) is 5.62. The zero-order valence-electron chi connectivity index (χ0n) is 9.66. The highest BCUT2D eigenvalue weighted by molar-refractivity contribution is 5.30. The molecule has 0 atom stereocenters. The van der Waals surface area contributed by atoms with E-state index in [4.69, 9.17) is 0 Å². The van der Waals surface area contributed by atoms with E-state index in [-0.39, 0.29) is 5.56 Å². The van der Waals surface area contributed by atoms with Crippen LogP contribution in [0, 0.1) is 6.92 Å². The van der Waals surface area contributed by atoms with Gasteiger partial charge in [-0.15, -0.1) is 0 Å². The number of nitrogens with one attached hydrogen (secondary N) is 1. The van der Waals surface area contributed by atoms with Gasteiger partial charge in [0.2, 0.25) is 0 Å². The Morgan fingerprint density at radius 1 is 1.44 bits per heavy atom. The summed E-state index contributed by atoms with van der Waals surface area (Å²) in [7, 11) is 0. The molecule has 2 aromatic heterocycles. The molecule has 0 radical (unpaired) electrons. The average Bonchev–Trinajstić information content (AvgIpc) is 2.71. The van der Waals surface area contributed by atoms with Crippen LogP contribution in [0.4, 0.5) is 0 Å². The van der Waals surface area contributed by atoms with Gasteiger partial charge in [0, 0.05) is 5.56 Å². The summed E-state index contributed by atoms with van der Waals surface area (Å²) in [5.74, 6) is 0.446. The third kappa shape index (κ3) is 1.85. The average molecular weight is 220 g/mol. The normalized spacial score (nSPS) is 11.1. The molecule has 0 aliphatic carbocycles. The van der Waals surface area contributed by atoms with Gasteiger partial charge in [-0.1, -0.05) is 19.8 Å². The van der Waals surface area contributed by atoms with E-state index in [0.29, 0.717) is 5.78 Å². The molecule has 0 fully saturated rings. The first-order chi connectivity index (χ1) is 7.74. The molecule has 0 aromatic carbocycles. The van der Waals surface area contributed by atoms with Crippen molar-refractivity contribution in [1.82, 2.24) is 19.6 Å². The van der Waals surface area contributed by atoms with Gasteiger partial charge in [0.25, 0.3) is 11.3 Å². The van der Waals surface area contributed by atoms with Crippen molar-refractivity contribution in [1.29, 1.82) is 0 Å². The minimum Gasteiger partial charge on any atom is -0.278 e. The number of unbranched alkanes of at least 4 members (excludes halogenated alkanes) is 2. The van der Waals surface area contributed by atoms with Gasteiger partial charge < -0.3 is 0 Å². The topological polar surface area (TPSA) is 63.1 Å². The highest BCUT2D eigenvalue weighted by atomic mass is 16.1. The van der Waals surface area contributed by atoms with Crippen molar-refractivity contribution in [3.8, 4) is 0 Å². The number of aromatic amines is 1. The van der Waals surface area contributed by atoms with Crippen LogP contribution >= 0.6 is 0 Å². The van der Waals surface area contributed by atoms with Gasteiger partial charge in [-0.05, 0) is 19.8 Å². The van der Waals surface area contributed by atoms with Crippen molar-refractivity contribution in [2.45, 2.75) is 39.5 Å². The second kappa shape index (κ2) is 4.47. The number of fused-ring (bicyclic) bond motifs is 1. The van der Waals surface area contributed by atoms with Crippen LogP contribution in [0.3, 0.4) is 0 Å². The van der Waals surface area contributed by atoms with Crippen LogP contribution in [0.25, 0.3) is 5.78 Å². The molecule has 1 N–H and O–H groups in total. The third-order valence-corrected chi connectivity index (χ3v) is 2.76. The van der Waals surface area contributed by atoms with Crippen molar-refractivity contribution >= 4 is 5.78 Å². The highest BCUT2D eigenvalue weighted by Gasteiger charge is 2.10. The number of hydrogen-bond acceptors (Lipinski definition) is 3. The molecule has 0 unspecified atom stereocenters. The standard InChI is InChI=1S/C11H16N4O/c1-3-4-5-6-9-8(2)14-11-12-7-13-15(11)10(9)16/h7H,3-6H2,1-2H3,(H,12,13,14). The van der Waals surface area contributed by atoms with E-state index < -0.39 is 0 Å². The first-order valence-electron chi connectivity index (χ1n) is 5.65. The van der Waals surface area contributed by atoms with Gasteiger partial charge in [-0.2, -0.15) is 4.52 Å². The Morgan fingerprint density at radius 2 is 2.25 bits per heavy atom. The molecule has 5 nitrogen and oxygen atoms in total. The number of aromatic nitrogens is 4. The molecule has 0 aliphatic heterocycles. The van der Waals surface area contributed by atoms with E-state index in [2.05, 4.69) is 22.0 Å². The van der Waals surface area contributed by atoms with Gasteiger partial charge in [-0.3, -0.25) is 9.89 Å². The van der Waals surface area contributed by atoms with Gasteiger partial charge in [0.05, 0.1) is 5.69 Å². The van der Waals surface area contributed by atoms with Gasteiger partial charge >= 0.3 is 0 Å². The predicted molar refractivity (Wildman–Crippen MR) is 61.6 cm³/mol. The predicted octanol–water partition coefficient (Wildman–Crippen LogP) is 1.46. The maximum atomic E-state index is 12.1. The number of nitrogens with zero attached hydrogens (tertiary/aromatic N) is 3. The number of rotatable bonds is 4. The number of hydrogen-bond donors (Lipinski definition) is 1. The molecular formula is C11H16N4O. The van der Waals surface area contributed by atoms with Gasteiger partial charge in [0.15, 0.2) is 0 Å². The first-order valence-corrected chi connectivity index (χ1v) is 5.65. The Morgan fingerprint density at radius 3 is 3.00 bits per heavy atom. The number of aryl methyl sites for hydroxylation is 1. The third-order valence-electron chi connectivity index (χ3n) is 2.76. The lowest BCUT2D eigenvalue weighted by Gasteiger charge is -2.03. The Kier molecular flexibility index (Phi) is 3.03. The van der Waals surface area contributed by atoms with Crippen LogP contribution in [-0.4, -0.2) is 19.6 Å². The Balaban J connectivity index is 2.39. The molecule has 2 heterocycles. The second-order valence-electron chi connectivity index (χ2n) is 3.96. The monoisotopic (exact) mass is 220 g/mol. The summed E-state index contributed by atoms with van der Waals surface area (Å²) in [6, 6.07) is 0. The minimum atomic E-state index is -0.0175. The van der Waals surface area contributed by atoms with E-state index in [9.17, 15) is 4.79 Å². The maximum Gasteiger partial charge on any atom is 0.277 e. The molecule has 16 heavy (non-hydrogen) atoms. The fourth-order valence-electron chi connectivity index (χ4n) is 1.83. The van der Waals surface area contributed by atoms with E-state index in [1.54, 1.807) is 0 Å². The summed E-state index contributed by atoms with van der Waals surface area (Å²) in [5.41, 5.74) is 1.58. The van der Waals surface area contributed by atoms with Crippen LogP contribution in [0.5, 0.6) is 0 Å². The lowest BCUT2D eigenvalue weighted by Crippen LogP contribution is -2.21. The molecule has 0 saturated heterocycles. The summed E-state index contributed by atoms with van der Waals surface area (Å²) in [4.78, 5) is 20.3. The zero-order valence-corrected chi connectivity index (χ0v) is 9.66. The molecule has 0 spiro atoms. The molecule has 2 aromatic rings. The lowest BCUT2D eigenvalue weighted by molar-refractivity contribution is 0.701. The van der Waals surface area contributed by atoms with Gasteiger partial charge in [-0.25, -0.2) is 9.97 Å². The largest absolute Gasteiger partial charge is 0.278 e.